The second-order valence-electron chi connectivity index (χ2n) is 6.91. The van der Waals surface area contributed by atoms with E-state index in [1.807, 2.05) is 41.5 Å². The maximum absolute atomic E-state index is 12.6. The molecule has 0 unspecified atom stereocenters. The van der Waals surface area contributed by atoms with Crippen LogP contribution in [0.25, 0.3) is 10.6 Å². The lowest BCUT2D eigenvalue weighted by Crippen LogP contribution is -2.41. The van der Waals surface area contributed by atoms with E-state index in [-0.39, 0.29) is 5.91 Å². The predicted octanol–water partition coefficient (Wildman–Crippen LogP) is 3.60. The van der Waals surface area contributed by atoms with E-state index < -0.39 is 0 Å². The van der Waals surface area contributed by atoms with Gasteiger partial charge in [0.25, 0.3) is 0 Å². The zero-order chi connectivity index (χ0) is 19.1. The minimum atomic E-state index is 0.195. The number of carbonyl (C=O) groups excluding carboxylic acids is 1. The number of rotatable bonds is 8. The molecule has 0 atom stereocenters. The zero-order valence-corrected chi connectivity index (χ0v) is 17.1. The molecule has 0 radical (unpaired) electrons. The van der Waals surface area contributed by atoms with Gasteiger partial charge in [-0.25, -0.2) is 4.98 Å². The third kappa shape index (κ3) is 5.53. The summed E-state index contributed by atoms with van der Waals surface area (Å²) in [6.45, 7) is 8.58. The average molecular weight is 388 g/mol. The summed E-state index contributed by atoms with van der Waals surface area (Å²) in [5, 5.41) is 6.36. The summed E-state index contributed by atoms with van der Waals surface area (Å²) < 4.78 is 5.48. The molecule has 1 N–H and O–H groups in total. The molecule has 0 bridgehead atoms. The molecule has 1 amide bonds. The second kappa shape index (κ2) is 9.85. The highest BCUT2D eigenvalue weighted by Gasteiger charge is 2.23. The Bertz CT molecular complexity index is 721. The third-order valence-electron chi connectivity index (χ3n) is 4.95. The van der Waals surface area contributed by atoms with E-state index in [0.717, 1.165) is 61.0 Å². The highest BCUT2D eigenvalue weighted by Crippen LogP contribution is 2.26. The van der Waals surface area contributed by atoms with Crippen molar-refractivity contribution in [2.45, 2.75) is 33.1 Å². The van der Waals surface area contributed by atoms with Crippen LogP contribution in [0.1, 0.15) is 32.4 Å². The van der Waals surface area contributed by atoms with Crippen LogP contribution < -0.4 is 10.1 Å². The van der Waals surface area contributed by atoms with Gasteiger partial charge in [0.15, 0.2) is 0 Å². The van der Waals surface area contributed by atoms with E-state index >= 15 is 0 Å². The number of hydrogen-bond acceptors (Lipinski definition) is 5. The molecule has 5 nitrogen and oxygen atoms in total. The summed E-state index contributed by atoms with van der Waals surface area (Å²) in [5.74, 6) is 1.76. The normalized spacial score (nSPS) is 15.1. The van der Waals surface area contributed by atoms with Gasteiger partial charge in [-0.2, -0.15) is 0 Å². The minimum absolute atomic E-state index is 0.195. The first kappa shape index (κ1) is 19.8. The molecule has 6 heteroatoms. The van der Waals surface area contributed by atoms with Gasteiger partial charge in [-0.15, -0.1) is 11.3 Å². The molecular formula is C21H29N3O2S. The van der Waals surface area contributed by atoms with Gasteiger partial charge >= 0.3 is 0 Å². The molecule has 0 saturated carbocycles. The number of likely N-dealkylation sites (tertiary alicyclic amines) is 1. The van der Waals surface area contributed by atoms with Crippen LogP contribution in [-0.4, -0.2) is 48.6 Å². The van der Waals surface area contributed by atoms with Crippen molar-refractivity contribution in [2.24, 2.45) is 5.92 Å². The molecule has 1 aromatic heterocycles. The standard InChI is InChI=1S/C21H29N3O2S/c1-3-22-14-16-9-11-24(12-10-16)20(25)13-18-15-27-21(23-18)17-5-7-19(8-6-17)26-4-2/h5-8,15-16,22H,3-4,9-14H2,1-2H3. The van der Waals surface area contributed by atoms with Gasteiger partial charge in [-0.05, 0) is 63.0 Å². The monoisotopic (exact) mass is 387 g/mol. The molecule has 1 fully saturated rings. The van der Waals surface area contributed by atoms with Crippen LogP contribution >= 0.6 is 11.3 Å². The van der Waals surface area contributed by atoms with Gasteiger partial charge in [0.2, 0.25) is 5.91 Å². The Morgan fingerprint density at radius 1 is 1.26 bits per heavy atom. The van der Waals surface area contributed by atoms with Crippen molar-refractivity contribution < 1.29 is 9.53 Å². The number of nitrogens with zero attached hydrogens (tertiary/aromatic N) is 2. The Morgan fingerprint density at radius 2 is 2.00 bits per heavy atom. The number of hydrogen-bond donors (Lipinski definition) is 1. The Kier molecular flexibility index (Phi) is 7.24. The van der Waals surface area contributed by atoms with E-state index in [1.165, 1.54) is 0 Å². The second-order valence-corrected chi connectivity index (χ2v) is 7.77. The lowest BCUT2D eigenvalue weighted by atomic mass is 9.96. The number of piperidine rings is 1. The predicted molar refractivity (Wildman–Crippen MR) is 110 cm³/mol. The first-order valence-corrected chi connectivity index (χ1v) is 10.7. The van der Waals surface area contributed by atoms with Gasteiger partial charge in [-0.1, -0.05) is 6.92 Å². The minimum Gasteiger partial charge on any atom is -0.494 e. The van der Waals surface area contributed by atoms with E-state index in [1.54, 1.807) is 11.3 Å². The van der Waals surface area contributed by atoms with Crippen molar-refractivity contribution >= 4 is 17.2 Å². The fourth-order valence-corrected chi connectivity index (χ4v) is 4.21. The molecule has 3 rings (SSSR count). The number of nitrogens with one attached hydrogen (secondary N) is 1. The van der Waals surface area contributed by atoms with Gasteiger partial charge in [0, 0.05) is 24.0 Å². The third-order valence-corrected chi connectivity index (χ3v) is 5.89. The van der Waals surface area contributed by atoms with E-state index in [4.69, 9.17) is 4.74 Å². The Labute approximate surface area is 165 Å². The van der Waals surface area contributed by atoms with Crippen LogP contribution in [0.2, 0.25) is 0 Å². The smallest absolute Gasteiger partial charge is 0.228 e. The Morgan fingerprint density at radius 3 is 2.67 bits per heavy atom. The molecule has 2 aromatic rings. The van der Waals surface area contributed by atoms with Crippen molar-refractivity contribution in [3.63, 3.8) is 0 Å². The van der Waals surface area contributed by atoms with Crippen LogP contribution in [0, 0.1) is 5.92 Å². The summed E-state index contributed by atoms with van der Waals surface area (Å²) in [4.78, 5) is 19.3. The van der Waals surface area contributed by atoms with Crippen molar-refractivity contribution in [2.75, 3.05) is 32.8 Å². The topological polar surface area (TPSA) is 54.5 Å². The summed E-state index contributed by atoms with van der Waals surface area (Å²) in [6, 6.07) is 7.96. The quantitative estimate of drug-likeness (QED) is 0.752. The number of carbonyl (C=O) groups is 1. The lowest BCUT2D eigenvalue weighted by molar-refractivity contribution is -0.131. The van der Waals surface area contributed by atoms with E-state index in [0.29, 0.717) is 18.9 Å². The molecule has 27 heavy (non-hydrogen) atoms. The van der Waals surface area contributed by atoms with Crippen LogP contribution in [0.3, 0.4) is 0 Å². The maximum atomic E-state index is 12.6. The van der Waals surface area contributed by atoms with Crippen LogP contribution in [0.4, 0.5) is 0 Å². The summed E-state index contributed by atoms with van der Waals surface area (Å²) in [7, 11) is 0. The maximum Gasteiger partial charge on any atom is 0.228 e. The van der Waals surface area contributed by atoms with Gasteiger partial charge in [0.05, 0.1) is 18.7 Å². The first-order chi connectivity index (χ1) is 13.2. The largest absolute Gasteiger partial charge is 0.494 e. The molecule has 2 heterocycles. The fourth-order valence-electron chi connectivity index (χ4n) is 3.38. The van der Waals surface area contributed by atoms with Gasteiger partial charge in [0.1, 0.15) is 10.8 Å². The summed E-state index contributed by atoms with van der Waals surface area (Å²) in [6.07, 6.45) is 2.58. The van der Waals surface area contributed by atoms with Crippen molar-refractivity contribution in [3.8, 4) is 16.3 Å². The van der Waals surface area contributed by atoms with E-state index in [9.17, 15) is 4.79 Å². The number of thiazole rings is 1. The molecule has 1 saturated heterocycles. The molecule has 1 aliphatic heterocycles. The zero-order valence-electron chi connectivity index (χ0n) is 16.2. The summed E-state index contributed by atoms with van der Waals surface area (Å²) >= 11 is 1.59. The molecule has 146 valence electrons. The van der Waals surface area contributed by atoms with Crippen molar-refractivity contribution in [1.82, 2.24) is 15.2 Å². The van der Waals surface area contributed by atoms with Gasteiger partial charge < -0.3 is 15.0 Å². The SMILES string of the molecule is CCNCC1CCN(C(=O)Cc2csc(-c3ccc(OCC)cc3)n2)CC1. The van der Waals surface area contributed by atoms with Crippen molar-refractivity contribution in [3.05, 3.63) is 35.3 Å². The Hall–Kier alpha value is -1.92. The van der Waals surface area contributed by atoms with Crippen molar-refractivity contribution in [1.29, 1.82) is 0 Å². The highest BCUT2D eigenvalue weighted by atomic mass is 32.1. The van der Waals surface area contributed by atoms with Crippen LogP contribution in [-0.2, 0) is 11.2 Å². The average Bonchev–Trinajstić information content (AvgIpc) is 3.16. The molecule has 1 aromatic carbocycles. The number of ether oxygens (including phenoxy) is 1. The number of amides is 1. The number of aromatic nitrogens is 1. The molecule has 1 aliphatic rings. The van der Waals surface area contributed by atoms with Crippen LogP contribution in [0.5, 0.6) is 5.75 Å². The first-order valence-electron chi connectivity index (χ1n) is 9.85. The fraction of sp³-hybridized carbons (Fsp3) is 0.524. The molecule has 0 aliphatic carbocycles. The highest BCUT2D eigenvalue weighted by molar-refractivity contribution is 7.13. The van der Waals surface area contributed by atoms with Crippen LogP contribution in [0.15, 0.2) is 29.6 Å². The number of benzene rings is 1. The molecule has 0 spiro atoms. The van der Waals surface area contributed by atoms with E-state index in [2.05, 4.69) is 17.2 Å². The molecular weight excluding hydrogens is 358 g/mol. The summed E-state index contributed by atoms with van der Waals surface area (Å²) in [5.41, 5.74) is 1.93. The lowest BCUT2D eigenvalue weighted by Gasteiger charge is -2.32. The Balaban J connectivity index is 1.52. The van der Waals surface area contributed by atoms with Gasteiger partial charge in [-0.3, -0.25) is 4.79 Å².